The molecule has 1 unspecified atom stereocenters. The van der Waals surface area contributed by atoms with Gasteiger partial charge in [-0.25, -0.2) is 8.42 Å². The molecule has 1 N–H and O–H groups in total. The number of nitro benzene ring substituents is 1. The Hall–Kier alpha value is -1.38. The minimum atomic E-state index is -4.16. The zero-order valence-corrected chi connectivity index (χ0v) is 15.9. The van der Waals surface area contributed by atoms with Gasteiger partial charge in [-0.1, -0.05) is 70.7 Å². The van der Waals surface area contributed by atoms with E-state index in [4.69, 9.17) is 34.8 Å². The molecule has 0 spiro atoms. The Morgan fingerprint density at radius 2 is 1.72 bits per heavy atom. The summed E-state index contributed by atoms with van der Waals surface area (Å²) in [7, 11) is -4.16. The van der Waals surface area contributed by atoms with Crippen molar-refractivity contribution in [1.82, 2.24) is 4.72 Å². The highest BCUT2D eigenvalue weighted by molar-refractivity contribution is 7.89. The predicted molar refractivity (Wildman–Crippen MR) is 97.6 cm³/mol. The van der Waals surface area contributed by atoms with Gasteiger partial charge >= 0.3 is 0 Å². The molecule has 0 amide bonds. The molecule has 0 heterocycles. The third-order valence-corrected chi connectivity index (χ3v) is 5.42. The molecule has 1 atom stereocenters. The van der Waals surface area contributed by atoms with Crippen LogP contribution in [0.4, 0.5) is 5.69 Å². The molecule has 2 rings (SSSR count). The molecule has 2 aromatic rings. The number of nitrogens with one attached hydrogen (secondary N) is 1. The van der Waals surface area contributed by atoms with E-state index in [9.17, 15) is 18.5 Å². The van der Waals surface area contributed by atoms with Gasteiger partial charge in [-0.2, -0.15) is 4.72 Å². The van der Waals surface area contributed by atoms with Gasteiger partial charge < -0.3 is 0 Å². The average molecular weight is 424 g/mol. The molecule has 0 aromatic heterocycles. The van der Waals surface area contributed by atoms with Gasteiger partial charge in [-0.05, 0) is 18.6 Å². The highest BCUT2D eigenvalue weighted by Crippen LogP contribution is 2.40. The lowest BCUT2D eigenvalue weighted by molar-refractivity contribution is -0.385. The number of nitro groups is 1. The number of sulfonamides is 1. The molecule has 2 aromatic carbocycles. The molecule has 0 aliphatic rings. The van der Waals surface area contributed by atoms with E-state index in [0.717, 1.165) is 11.6 Å². The number of alkyl halides is 3. The second-order valence-corrected chi connectivity index (χ2v) is 9.34. The molecular formula is C15H13Cl3N2O4S. The van der Waals surface area contributed by atoms with Gasteiger partial charge in [0.05, 0.1) is 15.9 Å². The smallest absolute Gasteiger partial charge is 0.258 e. The second-order valence-electron chi connectivity index (χ2n) is 5.26. The molecule has 0 fully saturated rings. The number of halogens is 3. The number of benzene rings is 2. The summed E-state index contributed by atoms with van der Waals surface area (Å²) in [6.45, 7) is 1.86. The minimum absolute atomic E-state index is 0.298. The van der Waals surface area contributed by atoms with Gasteiger partial charge in [0, 0.05) is 12.1 Å². The fourth-order valence-corrected chi connectivity index (χ4v) is 4.10. The maximum Gasteiger partial charge on any atom is 0.270 e. The normalized spacial score (nSPS) is 13.4. The van der Waals surface area contributed by atoms with Crippen molar-refractivity contribution in [3.05, 3.63) is 69.8 Å². The third-order valence-electron chi connectivity index (χ3n) is 3.35. The molecule has 0 aliphatic heterocycles. The number of hydrogen-bond donors (Lipinski definition) is 1. The zero-order valence-electron chi connectivity index (χ0n) is 12.8. The number of rotatable bonds is 5. The minimum Gasteiger partial charge on any atom is -0.258 e. The van der Waals surface area contributed by atoms with Crippen molar-refractivity contribution in [2.75, 3.05) is 0 Å². The van der Waals surface area contributed by atoms with Crippen LogP contribution in [0.2, 0.25) is 0 Å². The number of non-ortho nitro benzene ring substituents is 1. The van der Waals surface area contributed by atoms with Crippen LogP contribution in [0.25, 0.3) is 0 Å². The van der Waals surface area contributed by atoms with Crippen molar-refractivity contribution in [3.63, 3.8) is 0 Å². The maximum absolute atomic E-state index is 12.6. The average Bonchev–Trinajstić information content (AvgIpc) is 2.53. The summed E-state index contributed by atoms with van der Waals surface area (Å²) in [5, 5.41) is 10.8. The van der Waals surface area contributed by atoms with Crippen LogP contribution in [0, 0.1) is 17.0 Å². The van der Waals surface area contributed by atoms with Gasteiger partial charge in [0.2, 0.25) is 13.8 Å². The van der Waals surface area contributed by atoms with E-state index in [-0.39, 0.29) is 10.6 Å². The Bertz CT molecular complexity index is 880. The monoisotopic (exact) mass is 422 g/mol. The quantitative estimate of drug-likeness (QED) is 0.441. The van der Waals surface area contributed by atoms with Gasteiger partial charge in [-0.3, -0.25) is 10.1 Å². The van der Waals surface area contributed by atoms with Crippen LogP contribution in [0.15, 0.2) is 53.4 Å². The largest absolute Gasteiger partial charge is 0.270 e. The van der Waals surface area contributed by atoms with Gasteiger partial charge in [0.25, 0.3) is 5.69 Å². The molecule has 0 saturated carbocycles. The predicted octanol–water partition coefficient (Wildman–Crippen LogP) is 4.29. The van der Waals surface area contributed by atoms with Crippen LogP contribution in [-0.2, 0) is 10.0 Å². The van der Waals surface area contributed by atoms with E-state index < -0.39 is 24.8 Å². The van der Waals surface area contributed by atoms with Crippen molar-refractivity contribution >= 4 is 50.5 Å². The fourth-order valence-electron chi connectivity index (χ4n) is 2.07. The first-order valence-corrected chi connectivity index (χ1v) is 9.52. The molecular weight excluding hydrogens is 411 g/mol. The van der Waals surface area contributed by atoms with E-state index in [0.29, 0.717) is 5.56 Å². The second kappa shape index (κ2) is 7.47. The highest BCUT2D eigenvalue weighted by atomic mass is 35.6. The summed E-state index contributed by atoms with van der Waals surface area (Å²) in [4.78, 5) is 9.85. The Kier molecular flexibility index (Phi) is 5.96. The van der Waals surface area contributed by atoms with Crippen molar-refractivity contribution in [3.8, 4) is 0 Å². The summed E-state index contributed by atoms with van der Waals surface area (Å²) in [6.07, 6.45) is 0. The van der Waals surface area contributed by atoms with Crippen molar-refractivity contribution in [2.45, 2.75) is 21.7 Å². The summed E-state index contributed by atoms with van der Waals surface area (Å²) in [6, 6.07) is 10.2. The number of hydrogen-bond acceptors (Lipinski definition) is 4. The van der Waals surface area contributed by atoms with Crippen LogP contribution in [0.5, 0.6) is 0 Å². The van der Waals surface area contributed by atoms with Crippen molar-refractivity contribution < 1.29 is 13.3 Å². The molecule has 0 saturated heterocycles. The number of nitrogens with zero attached hydrogens (tertiary/aromatic N) is 1. The maximum atomic E-state index is 12.6. The molecule has 0 bridgehead atoms. The summed E-state index contributed by atoms with van der Waals surface area (Å²) < 4.78 is 25.5. The van der Waals surface area contributed by atoms with E-state index in [1.54, 1.807) is 24.3 Å². The topological polar surface area (TPSA) is 89.3 Å². The number of aryl methyl sites for hydroxylation is 1. The SMILES string of the molecule is Cc1ccc(C(NS(=O)(=O)c2cccc([N+](=O)[O-])c2)C(Cl)(Cl)Cl)cc1. The van der Waals surface area contributed by atoms with Gasteiger partial charge in [0.1, 0.15) is 0 Å². The molecule has 10 heteroatoms. The lowest BCUT2D eigenvalue weighted by Crippen LogP contribution is -2.36. The Labute approximate surface area is 159 Å². The Morgan fingerprint density at radius 3 is 2.24 bits per heavy atom. The highest BCUT2D eigenvalue weighted by Gasteiger charge is 2.37. The molecule has 6 nitrogen and oxygen atoms in total. The molecule has 0 aliphatic carbocycles. The van der Waals surface area contributed by atoms with E-state index >= 15 is 0 Å². The van der Waals surface area contributed by atoms with Gasteiger partial charge in [-0.15, -0.1) is 0 Å². The Morgan fingerprint density at radius 1 is 1.12 bits per heavy atom. The molecule has 134 valence electrons. The first-order chi connectivity index (χ1) is 11.5. The third kappa shape index (κ3) is 5.05. The standard InChI is InChI=1S/C15H13Cl3N2O4S/c1-10-5-7-11(8-6-10)14(15(16,17)18)19-25(23,24)13-4-2-3-12(9-13)20(21)22/h2-9,14,19H,1H3. The van der Waals surface area contributed by atoms with Crippen LogP contribution in [0.3, 0.4) is 0 Å². The molecule has 0 radical (unpaired) electrons. The summed E-state index contributed by atoms with van der Waals surface area (Å²) >= 11 is 17.8. The van der Waals surface area contributed by atoms with E-state index in [1.165, 1.54) is 18.2 Å². The summed E-state index contributed by atoms with van der Waals surface area (Å²) in [5.74, 6) is 0. The van der Waals surface area contributed by atoms with Crippen LogP contribution >= 0.6 is 34.8 Å². The first kappa shape index (κ1) is 19.9. The van der Waals surface area contributed by atoms with Crippen molar-refractivity contribution in [1.29, 1.82) is 0 Å². The fraction of sp³-hybridized carbons (Fsp3) is 0.200. The van der Waals surface area contributed by atoms with Gasteiger partial charge in [0.15, 0.2) is 0 Å². The zero-order chi connectivity index (χ0) is 18.8. The Balaban J connectivity index is 2.42. The van der Waals surface area contributed by atoms with Crippen LogP contribution < -0.4 is 4.72 Å². The van der Waals surface area contributed by atoms with Crippen LogP contribution in [-0.4, -0.2) is 17.1 Å². The van der Waals surface area contributed by atoms with Crippen LogP contribution in [0.1, 0.15) is 17.2 Å². The lowest BCUT2D eigenvalue weighted by atomic mass is 10.1. The lowest BCUT2D eigenvalue weighted by Gasteiger charge is -2.26. The summed E-state index contributed by atoms with van der Waals surface area (Å²) in [5.41, 5.74) is 1.04. The van der Waals surface area contributed by atoms with E-state index in [1.807, 2.05) is 6.92 Å². The van der Waals surface area contributed by atoms with E-state index in [2.05, 4.69) is 4.72 Å². The molecule has 25 heavy (non-hydrogen) atoms. The van der Waals surface area contributed by atoms with Crippen molar-refractivity contribution in [2.24, 2.45) is 0 Å². The first-order valence-electron chi connectivity index (χ1n) is 6.91.